The molecule has 1 fully saturated rings. The molecule has 74 valence electrons. The van der Waals surface area contributed by atoms with Gasteiger partial charge in [0.25, 0.3) is 0 Å². The van der Waals surface area contributed by atoms with E-state index >= 15 is 0 Å². The third-order valence-electron chi connectivity index (χ3n) is 3.05. The summed E-state index contributed by atoms with van der Waals surface area (Å²) in [5.41, 5.74) is 1.29. The lowest BCUT2D eigenvalue weighted by molar-refractivity contribution is -0.192. The Hall–Kier alpha value is -1.02. The van der Waals surface area contributed by atoms with Crippen LogP contribution >= 0.6 is 0 Å². The van der Waals surface area contributed by atoms with Crippen molar-refractivity contribution in [2.24, 2.45) is 0 Å². The van der Waals surface area contributed by atoms with Crippen molar-refractivity contribution in [2.75, 3.05) is 6.61 Å². The molecule has 0 radical (unpaired) electrons. The van der Waals surface area contributed by atoms with Crippen molar-refractivity contribution in [3.05, 3.63) is 29.8 Å². The molecule has 1 aromatic carbocycles. The van der Waals surface area contributed by atoms with Crippen LogP contribution < -0.4 is 4.74 Å². The smallest absolute Gasteiger partial charge is 0.214 e. The summed E-state index contributed by atoms with van der Waals surface area (Å²) in [7, 11) is 0. The number of rotatable bonds is 0. The fraction of sp³-hybridized carbons (Fsp3) is 0.500. The average Bonchev–Trinajstić information content (AvgIpc) is 2.56. The summed E-state index contributed by atoms with van der Waals surface area (Å²) in [6, 6.07) is 8.23. The first-order valence-electron chi connectivity index (χ1n) is 5.29. The minimum atomic E-state index is -0.318. The summed E-state index contributed by atoms with van der Waals surface area (Å²) in [5.74, 6) is 0.691. The molecule has 0 amide bonds. The fourth-order valence-electron chi connectivity index (χ4n) is 2.32. The lowest BCUT2D eigenvalue weighted by atomic mass is 10.0. The van der Waals surface area contributed by atoms with E-state index in [0.717, 1.165) is 25.2 Å². The van der Waals surface area contributed by atoms with Gasteiger partial charge in [-0.25, -0.2) is 0 Å². The van der Waals surface area contributed by atoms with Crippen molar-refractivity contribution >= 4 is 0 Å². The molecular formula is C12H14O2. The molecule has 14 heavy (non-hydrogen) atoms. The highest BCUT2D eigenvalue weighted by Crippen LogP contribution is 2.40. The maximum Gasteiger partial charge on any atom is 0.214 e. The summed E-state index contributed by atoms with van der Waals surface area (Å²) in [4.78, 5) is 0. The molecule has 1 spiro atoms. The molecule has 2 heterocycles. The summed E-state index contributed by atoms with van der Waals surface area (Å²) in [5, 5.41) is 0. The highest BCUT2D eigenvalue weighted by Gasteiger charge is 2.41. The molecule has 2 heteroatoms. The maximum atomic E-state index is 5.91. The summed E-state index contributed by atoms with van der Waals surface area (Å²) < 4.78 is 11.7. The Bertz CT molecular complexity index is 313. The number of hydrogen-bond donors (Lipinski definition) is 0. The number of para-hydroxylation sites is 1. The second-order valence-electron chi connectivity index (χ2n) is 4.10. The minimum absolute atomic E-state index is 0.318. The van der Waals surface area contributed by atoms with Crippen molar-refractivity contribution < 1.29 is 9.47 Å². The molecule has 0 aliphatic carbocycles. The number of fused-ring (bicyclic) bond motifs is 1. The Kier molecular flexibility index (Phi) is 1.77. The molecule has 2 aliphatic rings. The number of ether oxygens (including phenoxy) is 2. The first kappa shape index (κ1) is 8.30. The monoisotopic (exact) mass is 190 g/mol. The van der Waals surface area contributed by atoms with Gasteiger partial charge in [0, 0.05) is 18.4 Å². The quantitative estimate of drug-likeness (QED) is 0.625. The molecule has 2 nitrogen and oxygen atoms in total. The van der Waals surface area contributed by atoms with E-state index in [-0.39, 0.29) is 5.79 Å². The first-order valence-corrected chi connectivity index (χ1v) is 5.29. The SMILES string of the molecule is c1ccc2c(c1)C[C@@]1(CCCCO1)O2. The standard InChI is InChI=1S/C12H14O2/c1-2-6-11-10(5-1)9-12(14-11)7-3-4-8-13-12/h1-2,5-6H,3-4,7-9H2/t12-/m1/s1. The Morgan fingerprint density at radius 2 is 2.07 bits per heavy atom. The van der Waals surface area contributed by atoms with Crippen molar-refractivity contribution in [1.29, 1.82) is 0 Å². The van der Waals surface area contributed by atoms with Crippen LogP contribution in [0.2, 0.25) is 0 Å². The maximum absolute atomic E-state index is 5.91. The molecule has 0 aromatic heterocycles. The van der Waals surface area contributed by atoms with Crippen LogP contribution in [0.1, 0.15) is 24.8 Å². The average molecular weight is 190 g/mol. The molecule has 2 aliphatic heterocycles. The summed E-state index contributed by atoms with van der Waals surface area (Å²) >= 11 is 0. The summed E-state index contributed by atoms with van der Waals surface area (Å²) in [6.07, 6.45) is 4.33. The first-order chi connectivity index (χ1) is 6.88. The van der Waals surface area contributed by atoms with Gasteiger partial charge in [0.2, 0.25) is 5.79 Å². The van der Waals surface area contributed by atoms with Crippen LogP contribution in [0, 0.1) is 0 Å². The van der Waals surface area contributed by atoms with Gasteiger partial charge < -0.3 is 9.47 Å². The Morgan fingerprint density at radius 3 is 2.86 bits per heavy atom. The predicted octanol–water partition coefficient (Wildman–Crippen LogP) is 2.52. The normalized spacial score (nSPS) is 30.0. The highest BCUT2D eigenvalue weighted by molar-refractivity contribution is 5.38. The molecule has 3 rings (SSSR count). The van der Waals surface area contributed by atoms with Gasteiger partial charge in [-0.15, -0.1) is 0 Å². The molecular weight excluding hydrogens is 176 g/mol. The largest absolute Gasteiger partial charge is 0.462 e. The van der Waals surface area contributed by atoms with Crippen LogP contribution in [0.15, 0.2) is 24.3 Å². The topological polar surface area (TPSA) is 18.5 Å². The fourth-order valence-corrected chi connectivity index (χ4v) is 2.32. The lowest BCUT2D eigenvalue weighted by Gasteiger charge is -2.32. The van der Waals surface area contributed by atoms with E-state index in [1.165, 1.54) is 18.4 Å². The third-order valence-corrected chi connectivity index (χ3v) is 3.05. The van der Waals surface area contributed by atoms with Gasteiger partial charge in [-0.2, -0.15) is 0 Å². The van der Waals surface area contributed by atoms with Crippen molar-refractivity contribution in [2.45, 2.75) is 31.5 Å². The van der Waals surface area contributed by atoms with E-state index in [1.54, 1.807) is 0 Å². The Morgan fingerprint density at radius 1 is 1.14 bits per heavy atom. The van der Waals surface area contributed by atoms with Gasteiger partial charge >= 0.3 is 0 Å². The van der Waals surface area contributed by atoms with Crippen LogP contribution in [0.25, 0.3) is 0 Å². The van der Waals surface area contributed by atoms with Gasteiger partial charge in [-0.3, -0.25) is 0 Å². The van der Waals surface area contributed by atoms with Crippen LogP contribution in [0.5, 0.6) is 5.75 Å². The second-order valence-corrected chi connectivity index (χ2v) is 4.10. The van der Waals surface area contributed by atoms with E-state index < -0.39 is 0 Å². The number of hydrogen-bond acceptors (Lipinski definition) is 2. The van der Waals surface area contributed by atoms with Gasteiger partial charge in [-0.1, -0.05) is 18.2 Å². The van der Waals surface area contributed by atoms with Crippen LogP contribution in [-0.4, -0.2) is 12.4 Å². The van der Waals surface area contributed by atoms with E-state index in [2.05, 4.69) is 12.1 Å². The van der Waals surface area contributed by atoms with Crippen LogP contribution in [-0.2, 0) is 11.2 Å². The molecule has 0 unspecified atom stereocenters. The summed E-state index contributed by atoms with van der Waals surface area (Å²) in [6.45, 7) is 0.841. The van der Waals surface area contributed by atoms with E-state index in [4.69, 9.17) is 9.47 Å². The van der Waals surface area contributed by atoms with Gasteiger partial charge in [0.05, 0.1) is 6.61 Å². The third kappa shape index (κ3) is 1.22. The second kappa shape index (κ2) is 2.99. The zero-order valence-electron chi connectivity index (χ0n) is 8.16. The number of benzene rings is 1. The van der Waals surface area contributed by atoms with Crippen molar-refractivity contribution in [3.8, 4) is 5.75 Å². The van der Waals surface area contributed by atoms with E-state index in [1.807, 2.05) is 12.1 Å². The van der Waals surface area contributed by atoms with Gasteiger partial charge in [0.1, 0.15) is 5.75 Å². The molecule has 1 aromatic rings. The molecule has 1 saturated heterocycles. The van der Waals surface area contributed by atoms with Gasteiger partial charge in [-0.05, 0) is 18.9 Å². The van der Waals surface area contributed by atoms with Crippen molar-refractivity contribution in [1.82, 2.24) is 0 Å². The highest BCUT2D eigenvalue weighted by atomic mass is 16.7. The zero-order valence-corrected chi connectivity index (χ0v) is 8.16. The molecule has 1 atom stereocenters. The molecule has 0 saturated carbocycles. The Labute approximate surface area is 83.8 Å². The Balaban J connectivity index is 1.89. The van der Waals surface area contributed by atoms with Gasteiger partial charge in [0.15, 0.2) is 0 Å². The lowest BCUT2D eigenvalue weighted by Crippen LogP contribution is -2.40. The van der Waals surface area contributed by atoms with E-state index in [0.29, 0.717) is 0 Å². The van der Waals surface area contributed by atoms with Crippen LogP contribution in [0.3, 0.4) is 0 Å². The van der Waals surface area contributed by atoms with E-state index in [9.17, 15) is 0 Å². The molecule has 0 N–H and O–H groups in total. The van der Waals surface area contributed by atoms with Crippen LogP contribution in [0.4, 0.5) is 0 Å². The zero-order chi connectivity index (χ0) is 9.43. The molecule has 0 bridgehead atoms. The van der Waals surface area contributed by atoms with Crippen molar-refractivity contribution in [3.63, 3.8) is 0 Å². The predicted molar refractivity (Wildman–Crippen MR) is 53.3 cm³/mol. The minimum Gasteiger partial charge on any atom is -0.462 e.